The van der Waals surface area contributed by atoms with Gasteiger partial charge in [0, 0.05) is 13.6 Å². The lowest BCUT2D eigenvalue weighted by molar-refractivity contribution is 0.00578. The second-order valence-corrected chi connectivity index (χ2v) is 10.7. The lowest BCUT2D eigenvalue weighted by Crippen LogP contribution is -2.47. The molecule has 0 N–H and O–H groups in total. The average Bonchev–Trinajstić information content (AvgIpc) is 3.22. The number of aromatic nitrogens is 2. The Hall–Kier alpha value is -1.74. The van der Waals surface area contributed by atoms with E-state index >= 15 is 0 Å². The summed E-state index contributed by atoms with van der Waals surface area (Å²) in [5.74, 6) is 0.611. The van der Waals surface area contributed by atoms with E-state index in [-0.39, 0.29) is 18.2 Å². The molecule has 2 aliphatic rings. The van der Waals surface area contributed by atoms with E-state index in [0.29, 0.717) is 12.4 Å². The lowest BCUT2D eigenvalue weighted by atomic mass is 9.79. The maximum atomic E-state index is 12.7. The van der Waals surface area contributed by atoms with Gasteiger partial charge in [0.15, 0.2) is 0 Å². The van der Waals surface area contributed by atoms with Gasteiger partial charge in [0.1, 0.15) is 11.7 Å². The minimum absolute atomic E-state index is 0.0730. The van der Waals surface area contributed by atoms with E-state index in [1.54, 1.807) is 9.58 Å². The summed E-state index contributed by atoms with van der Waals surface area (Å²) in [6.45, 7) is 18.3. The van der Waals surface area contributed by atoms with Gasteiger partial charge in [0.05, 0.1) is 28.4 Å². The number of rotatable bonds is 4. The third-order valence-electron chi connectivity index (χ3n) is 6.47. The predicted molar refractivity (Wildman–Crippen MR) is 120 cm³/mol. The van der Waals surface area contributed by atoms with Crippen LogP contribution in [0, 0.1) is 6.92 Å². The second kappa shape index (κ2) is 7.99. The van der Waals surface area contributed by atoms with E-state index < -0.39 is 23.9 Å². The molecule has 31 heavy (non-hydrogen) atoms. The number of amides is 1. The van der Waals surface area contributed by atoms with Crippen LogP contribution in [0.2, 0.25) is 0 Å². The summed E-state index contributed by atoms with van der Waals surface area (Å²) in [5.41, 5.74) is 0.162. The number of hydrogen-bond donors (Lipinski definition) is 0. The number of aryl methyl sites for hydroxylation is 2. The number of hydrogen-bond acceptors (Lipinski definition) is 6. The van der Waals surface area contributed by atoms with Crippen LogP contribution in [0.4, 0.5) is 4.79 Å². The minimum Gasteiger partial charge on any atom is -0.473 e. The van der Waals surface area contributed by atoms with Crippen LogP contribution in [-0.4, -0.2) is 63.4 Å². The molecule has 0 aliphatic carbocycles. The summed E-state index contributed by atoms with van der Waals surface area (Å²) in [5, 5.41) is 4.56. The van der Waals surface area contributed by atoms with E-state index in [1.165, 1.54) is 0 Å². The van der Waals surface area contributed by atoms with E-state index in [2.05, 4.69) is 5.10 Å². The molecule has 2 atom stereocenters. The quantitative estimate of drug-likeness (QED) is 0.677. The number of likely N-dealkylation sites (tertiary alicyclic amines) is 1. The molecular formula is C22H38BN3O5. The van der Waals surface area contributed by atoms with Crippen LogP contribution in [0.3, 0.4) is 0 Å². The van der Waals surface area contributed by atoms with Crippen LogP contribution in [0.5, 0.6) is 5.88 Å². The molecule has 1 aromatic rings. The van der Waals surface area contributed by atoms with Gasteiger partial charge in [-0.1, -0.05) is 0 Å². The average molecular weight is 435 g/mol. The summed E-state index contributed by atoms with van der Waals surface area (Å²) < 4.78 is 26.3. The van der Waals surface area contributed by atoms with Gasteiger partial charge in [-0.2, -0.15) is 5.10 Å². The van der Waals surface area contributed by atoms with Crippen molar-refractivity contribution in [3.8, 4) is 5.88 Å². The first-order chi connectivity index (χ1) is 14.1. The molecule has 9 heteroatoms. The predicted octanol–water partition coefficient (Wildman–Crippen LogP) is 3.19. The Morgan fingerprint density at radius 2 is 1.81 bits per heavy atom. The highest BCUT2D eigenvalue weighted by molar-refractivity contribution is 6.63. The molecule has 0 bridgehead atoms. The molecule has 0 aromatic carbocycles. The Kier molecular flexibility index (Phi) is 6.17. The largest absolute Gasteiger partial charge is 0.502 e. The summed E-state index contributed by atoms with van der Waals surface area (Å²) in [6, 6.07) is -0.0730. The second-order valence-electron chi connectivity index (χ2n) is 10.7. The zero-order chi connectivity index (χ0) is 23.4. The van der Waals surface area contributed by atoms with Crippen LogP contribution >= 0.6 is 0 Å². The zero-order valence-electron chi connectivity index (χ0n) is 20.7. The lowest BCUT2D eigenvalue weighted by Gasteiger charge is -2.32. The van der Waals surface area contributed by atoms with Gasteiger partial charge < -0.3 is 23.7 Å². The highest BCUT2D eigenvalue weighted by Gasteiger charge is 2.54. The fourth-order valence-corrected chi connectivity index (χ4v) is 4.11. The van der Waals surface area contributed by atoms with Crippen LogP contribution in [-0.2, 0) is 21.1 Å². The first-order valence-corrected chi connectivity index (χ1v) is 11.2. The zero-order valence-corrected chi connectivity index (χ0v) is 20.7. The Morgan fingerprint density at radius 3 is 2.35 bits per heavy atom. The Morgan fingerprint density at radius 1 is 1.23 bits per heavy atom. The van der Waals surface area contributed by atoms with Crippen molar-refractivity contribution in [3.05, 3.63) is 5.69 Å². The summed E-state index contributed by atoms with van der Waals surface area (Å²) in [7, 11) is 1.29. The van der Waals surface area contributed by atoms with Crippen molar-refractivity contribution in [2.45, 2.75) is 104 Å². The van der Waals surface area contributed by atoms with Crippen LogP contribution in [0.1, 0.15) is 73.9 Å². The van der Waals surface area contributed by atoms with Crippen LogP contribution in [0.25, 0.3) is 0 Å². The number of carbonyl (C=O) groups is 1. The van der Waals surface area contributed by atoms with Gasteiger partial charge in [-0.15, -0.1) is 0 Å². The van der Waals surface area contributed by atoms with E-state index in [0.717, 1.165) is 24.0 Å². The maximum absolute atomic E-state index is 12.7. The molecule has 174 valence electrons. The Balaban J connectivity index is 1.81. The Bertz CT molecular complexity index is 814. The normalized spacial score (nSPS) is 23.9. The fraction of sp³-hybridized carbons (Fsp3) is 0.818. The smallest absolute Gasteiger partial charge is 0.473 e. The molecule has 1 aromatic heterocycles. The molecule has 3 rings (SSSR count). The molecule has 2 fully saturated rings. The first kappa shape index (κ1) is 23.9. The number of nitrogens with zero attached hydrogens (tertiary/aromatic N) is 3. The standard InChI is InChI=1S/C22H38BN3O5/c1-14-17(23-30-21(6,7)22(8,9)31-23)18(25(10)24-14)28-15(2)16-12-11-13-26(16)19(27)29-20(3,4)5/h15-16H,11-13H2,1-10H3. The molecule has 1 amide bonds. The van der Waals surface area contributed by atoms with Crippen molar-refractivity contribution >= 4 is 18.7 Å². The van der Waals surface area contributed by atoms with Crippen molar-refractivity contribution in [2.75, 3.05) is 6.54 Å². The highest BCUT2D eigenvalue weighted by atomic mass is 16.7. The molecule has 8 nitrogen and oxygen atoms in total. The van der Waals surface area contributed by atoms with Gasteiger partial charge in [-0.05, 0) is 75.2 Å². The van der Waals surface area contributed by atoms with E-state index in [9.17, 15) is 4.79 Å². The monoisotopic (exact) mass is 435 g/mol. The van der Waals surface area contributed by atoms with Crippen LogP contribution < -0.4 is 10.2 Å². The van der Waals surface area contributed by atoms with Gasteiger partial charge in [0.25, 0.3) is 0 Å². The molecule has 2 unspecified atom stereocenters. The molecule has 0 radical (unpaired) electrons. The van der Waals surface area contributed by atoms with Crippen molar-refractivity contribution in [1.82, 2.24) is 14.7 Å². The molecule has 0 saturated carbocycles. The first-order valence-electron chi connectivity index (χ1n) is 11.2. The minimum atomic E-state index is -0.563. The van der Waals surface area contributed by atoms with E-state index in [1.807, 2.05) is 69.4 Å². The van der Waals surface area contributed by atoms with Crippen molar-refractivity contribution in [2.24, 2.45) is 7.05 Å². The molecule has 2 saturated heterocycles. The SMILES string of the molecule is Cc1nn(C)c(OC(C)C2CCCN2C(=O)OC(C)(C)C)c1B1OC(C)(C)C(C)(C)O1. The third-order valence-corrected chi connectivity index (χ3v) is 6.47. The van der Waals surface area contributed by atoms with Crippen molar-refractivity contribution in [1.29, 1.82) is 0 Å². The fourth-order valence-electron chi connectivity index (χ4n) is 4.11. The summed E-state index contributed by atoms with van der Waals surface area (Å²) in [6.07, 6.45) is 1.25. The van der Waals surface area contributed by atoms with E-state index in [4.69, 9.17) is 18.8 Å². The van der Waals surface area contributed by atoms with Crippen molar-refractivity contribution in [3.63, 3.8) is 0 Å². The van der Waals surface area contributed by atoms with Crippen molar-refractivity contribution < 1.29 is 23.6 Å². The molecule has 2 aliphatic heterocycles. The Labute approximate surface area is 186 Å². The molecule has 0 spiro atoms. The summed E-state index contributed by atoms with van der Waals surface area (Å²) >= 11 is 0. The maximum Gasteiger partial charge on any atom is 0.502 e. The number of carbonyl (C=O) groups excluding carboxylic acids is 1. The highest BCUT2D eigenvalue weighted by Crippen LogP contribution is 2.37. The van der Waals surface area contributed by atoms with Gasteiger partial charge in [-0.25, -0.2) is 9.48 Å². The summed E-state index contributed by atoms with van der Waals surface area (Å²) in [4.78, 5) is 14.5. The molecule has 3 heterocycles. The number of ether oxygens (including phenoxy) is 2. The van der Waals surface area contributed by atoms with Gasteiger partial charge in [0.2, 0.25) is 5.88 Å². The third kappa shape index (κ3) is 4.72. The molecular weight excluding hydrogens is 397 g/mol. The van der Waals surface area contributed by atoms with Gasteiger partial charge in [-0.3, -0.25) is 0 Å². The van der Waals surface area contributed by atoms with Crippen LogP contribution in [0.15, 0.2) is 0 Å². The topological polar surface area (TPSA) is 75.1 Å². The van der Waals surface area contributed by atoms with Gasteiger partial charge >= 0.3 is 13.2 Å².